The van der Waals surface area contributed by atoms with E-state index in [1.165, 1.54) is 4.90 Å². The molecule has 2 heterocycles. The van der Waals surface area contributed by atoms with E-state index >= 15 is 0 Å². The van der Waals surface area contributed by atoms with Crippen LogP contribution in [0, 0.1) is 6.92 Å². The Hall–Kier alpha value is -2.56. The number of nitrogens with zero attached hydrogens (tertiary/aromatic N) is 2. The minimum atomic E-state index is -0.849. The number of carboxylic acid groups (broad SMARTS) is 1. The highest BCUT2D eigenvalue weighted by Crippen LogP contribution is 2.29. The van der Waals surface area contributed by atoms with Crippen LogP contribution in [-0.2, 0) is 0 Å². The molecule has 0 radical (unpaired) electrons. The molecule has 1 amide bonds. The monoisotopic (exact) mass is 284 g/mol. The number of aryl methyl sites for hydroxylation is 1. The van der Waals surface area contributed by atoms with E-state index in [4.69, 9.17) is 9.84 Å². The van der Waals surface area contributed by atoms with Gasteiger partial charge in [-0.2, -0.15) is 0 Å². The first-order chi connectivity index (χ1) is 10.1. The van der Waals surface area contributed by atoms with E-state index in [1.807, 2.05) is 43.3 Å². The molecule has 2 aromatic rings. The summed E-state index contributed by atoms with van der Waals surface area (Å²) in [5.41, 5.74) is 1.99. The van der Waals surface area contributed by atoms with E-state index in [2.05, 4.69) is 4.98 Å². The van der Waals surface area contributed by atoms with Crippen LogP contribution in [0.25, 0.3) is 0 Å². The number of hydrogen-bond acceptors (Lipinski definition) is 3. The van der Waals surface area contributed by atoms with Gasteiger partial charge in [-0.1, -0.05) is 12.1 Å². The lowest BCUT2D eigenvalue weighted by Gasteiger charge is -2.37. The predicted molar refractivity (Wildman–Crippen MR) is 77.8 cm³/mol. The first-order valence-electron chi connectivity index (χ1n) is 6.81. The Bertz CT molecular complexity index is 649. The molecular weight excluding hydrogens is 268 g/mol. The SMILES string of the molecule is Cc1ncccc1Oc1ccc(C2CN(C(=O)O)C2)cc1. The number of carbonyl (C=O) groups is 1. The highest BCUT2D eigenvalue weighted by Gasteiger charge is 2.31. The van der Waals surface area contributed by atoms with Crippen molar-refractivity contribution in [3.8, 4) is 11.5 Å². The van der Waals surface area contributed by atoms with Crippen molar-refractivity contribution in [2.45, 2.75) is 12.8 Å². The standard InChI is InChI=1S/C16H16N2O3/c1-11-15(3-2-8-17-11)21-14-6-4-12(5-7-14)13-9-18(10-13)16(19)20/h2-8,13H,9-10H2,1H3,(H,19,20). The molecule has 108 valence electrons. The Morgan fingerprint density at radius 2 is 2.00 bits per heavy atom. The Morgan fingerprint density at radius 3 is 2.62 bits per heavy atom. The lowest BCUT2D eigenvalue weighted by atomic mass is 9.92. The van der Waals surface area contributed by atoms with Crippen LogP contribution in [0.5, 0.6) is 11.5 Å². The molecule has 0 saturated carbocycles. The van der Waals surface area contributed by atoms with Crippen LogP contribution in [0.4, 0.5) is 4.79 Å². The fourth-order valence-corrected chi connectivity index (χ4v) is 2.36. The van der Waals surface area contributed by atoms with Crippen molar-refractivity contribution in [1.82, 2.24) is 9.88 Å². The summed E-state index contributed by atoms with van der Waals surface area (Å²) >= 11 is 0. The maximum absolute atomic E-state index is 10.7. The lowest BCUT2D eigenvalue weighted by Crippen LogP contribution is -2.47. The first kappa shape index (κ1) is 13.4. The summed E-state index contributed by atoms with van der Waals surface area (Å²) in [5, 5.41) is 8.83. The van der Waals surface area contributed by atoms with Crippen LogP contribution in [0.3, 0.4) is 0 Å². The Balaban J connectivity index is 1.65. The summed E-state index contributed by atoms with van der Waals surface area (Å²) < 4.78 is 5.79. The Morgan fingerprint density at radius 1 is 1.29 bits per heavy atom. The predicted octanol–water partition coefficient (Wildman–Crippen LogP) is 3.26. The van der Waals surface area contributed by atoms with Gasteiger partial charge in [-0.05, 0) is 36.8 Å². The minimum absolute atomic E-state index is 0.287. The van der Waals surface area contributed by atoms with E-state index in [0.717, 1.165) is 22.8 Å². The normalized spacial score (nSPS) is 14.6. The number of pyridine rings is 1. The molecule has 1 aliphatic rings. The number of ether oxygens (including phenoxy) is 1. The summed E-state index contributed by atoms with van der Waals surface area (Å²) in [6.45, 7) is 3.03. The molecule has 1 aromatic carbocycles. The Labute approximate surface area is 122 Å². The summed E-state index contributed by atoms with van der Waals surface area (Å²) in [6, 6.07) is 11.5. The van der Waals surface area contributed by atoms with Crippen LogP contribution in [0.1, 0.15) is 17.2 Å². The van der Waals surface area contributed by atoms with Gasteiger partial charge in [-0.3, -0.25) is 4.98 Å². The molecule has 0 bridgehead atoms. The zero-order valence-electron chi connectivity index (χ0n) is 11.7. The summed E-state index contributed by atoms with van der Waals surface area (Å²) in [7, 11) is 0. The van der Waals surface area contributed by atoms with Crippen molar-refractivity contribution in [1.29, 1.82) is 0 Å². The third-order valence-electron chi connectivity index (χ3n) is 3.69. The van der Waals surface area contributed by atoms with Crippen LogP contribution in [0.15, 0.2) is 42.6 Å². The molecule has 1 N–H and O–H groups in total. The van der Waals surface area contributed by atoms with Crippen molar-refractivity contribution in [3.05, 3.63) is 53.9 Å². The third kappa shape index (κ3) is 2.81. The molecule has 0 spiro atoms. The van der Waals surface area contributed by atoms with Gasteiger partial charge in [0.1, 0.15) is 11.5 Å². The van der Waals surface area contributed by atoms with Crippen molar-refractivity contribution < 1.29 is 14.6 Å². The average Bonchev–Trinajstić information content (AvgIpc) is 2.41. The number of benzene rings is 1. The average molecular weight is 284 g/mol. The van der Waals surface area contributed by atoms with Gasteiger partial charge in [0.25, 0.3) is 0 Å². The number of amides is 1. The van der Waals surface area contributed by atoms with Crippen LogP contribution in [-0.4, -0.2) is 34.2 Å². The summed E-state index contributed by atoms with van der Waals surface area (Å²) in [5.74, 6) is 1.78. The molecule has 3 rings (SSSR count). The van der Waals surface area contributed by atoms with E-state index in [0.29, 0.717) is 13.1 Å². The van der Waals surface area contributed by atoms with Crippen molar-refractivity contribution in [3.63, 3.8) is 0 Å². The van der Waals surface area contributed by atoms with Crippen molar-refractivity contribution in [2.24, 2.45) is 0 Å². The smallest absolute Gasteiger partial charge is 0.407 e. The maximum Gasteiger partial charge on any atom is 0.407 e. The van der Waals surface area contributed by atoms with Gasteiger partial charge in [-0.25, -0.2) is 4.79 Å². The van der Waals surface area contributed by atoms with Crippen LogP contribution < -0.4 is 4.74 Å². The van der Waals surface area contributed by atoms with Gasteiger partial charge >= 0.3 is 6.09 Å². The largest absolute Gasteiger partial charge is 0.465 e. The molecule has 0 aliphatic carbocycles. The second-order valence-electron chi connectivity index (χ2n) is 5.14. The quantitative estimate of drug-likeness (QED) is 0.939. The van der Waals surface area contributed by atoms with Crippen LogP contribution >= 0.6 is 0 Å². The lowest BCUT2D eigenvalue weighted by molar-refractivity contribution is 0.105. The molecule has 1 saturated heterocycles. The molecule has 1 aliphatic heterocycles. The molecular formula is C16H16N2O3. The second-order valence-corrected chi connectivity index (χ2v) is 5.14. The van der Waals surface area contributed by atoms with Gasteiger partial charge in [0, 0.05) is 25.2 Å². The second kappa shape index (κ2) is 5.44. The Kier molecular flexibility index (Phi) is 3.48. The summed E-state index contributed by atoms with van der Waals surface area (Å²) in [4.78, 5) is 16.3. The van der Waals surface area contributed by atoms with E-state index in [-0.39, 0.29) is 5.92 Å². The van der Waals surface area contributed by atoms with E-state index in [1.54, 1.807) is 6.20 Å². The molecule has 1 fully saturated rings. The van der Waals surface area contributed by atoms with Gasteiger partial charge in [0.2, 0.25) is 0 Å². The third-order valence-corrected chi connectivity index (χ3v) is 3.69. The number of hydrogen-bond donors (Lipinski definition) is 1. The van der Waals surface area contributed by atoms with E-state index < -0.39 is 6.09 Å². The number of rotatable bonds is 3. The number of aromatic nitrogens is 1. The van der Waals surface area contributed by atoms with Gasteiger partial charge in [0.15, 0.2) is 0 Å². The minimum Gasteiger partial charge on any atom is -0.465 e. The molecule has 21 heavy (non-hydrogen) atoms. The number of likely N-dealkylation sites (tertiary alicyclic amines) is 1. The zero-order chi connectivity index (χ0) is 14.8. The van der Waals surface area contributed by atoms with Gasteiger partial charge in [-0.15, -0.1) is 0 Å². The molecule has 0 atom stereocenters. The maximum atomic E-state index is 10.7. The highest BCUT2D eigenvalue weighted by molar-refractivity contribution is 5.66. The van der Waals surface area contributed by atoms with Gasteiger partial charge < -0.3 is 14.7 Å². The van der Waals surface area contributed by atoms with E-state index in [9.17, 15) is 4.79 Å². The zero-order valence-corrected chi connectivity index (χ0v) is 11.7. The highest BCUT2D eigenvalue weighted by atomic mass is 16.5. The van der Waals surface area contributed by atoms with Crippen LogP contribution in [0.2, 0.25) is 0 Å². The molecule has 1 aromatic heterocycles. The fraction of sp³-hybridized carbons (Fsp3) is 0.250. The molecule has 0 unspecified atom stereocenters. The van der Waals surface area contributed by atoms with Crippen molar-refractivity contribution in [2.75, 3.05) is 13.1 Å². The molecule has 5 nitrogen and oxygen atoms in total. The van der Waals surface area contributed by atoms with Crippen molar-refractivity contribution >= 4 is 6.09 Å². The van der Waals surface area contributed by atoms with Gasteiger partial charge in [0.05, 0.1) is 5.69 Å². The fourth-order valence-electron chi connectivity index (χ4n) is 2.36. The first-order valence-corrected chi connectivity index (χ1v) is 6.81. The molecule has 5 heteroatoms. The topological polar surface area (TPSA) is 62.7 Å². The summed E-state index contributed by atoms with van der Waals surface area (Å²) in [6.07, 6.45) is 0.883.